The third kappa shape index (κ3) is 4.50. The zero-order chi connectivity index (χ0) is 33.0. The Morgan fingerprint density at radius 1 is 0.340 bits per heavy atom. The molecule has 0 aliphatic carbocycles. The number of rotatable bonds is 5. The van der Waals surface area contributed by atoms with Gasteiger partial charge in [-0.05, 0) is 48.5 Å². The van der Waals surface area contributed by atoms with Crippen LogP contribution in [0.1, 0.15) is 0 Å². The van der Waals surface area contributed by atoms with Crippen LogP contribution in [0.15, 0.2) is 170 Å². The predicted molar refractivity (Wildman–Crippen MR) is 203 cm³/mol. The van der Waals surface area contributed by atoms with Crippen LogP contribution in [0.5, 0.6) is 0 Å². The fourth-order valence-corrected chi connectivity index (χ4v) is 7.08. The summed E-state index contributed by atoms with van der Waals surface area (Å²) in [5, 5.41) is 4.54. The van der Waals surface area contributed by atoms with E-state index >= 15 is 0 Å². The molecular formula is C44H28N6. The Kier molecular flexibility index (Phi) is 6.39. The Morgan fingerprint density at radius 3 is 1.54 bits per heavy atom. The maximum atomic E-state index is 5.32. The standard InChI is InChI=1S/C44H28N6/c1-4-14-29(15-5-1)41-46-42(30-16-6-2-7-17-30)48-44(47-41)50-39-23-13-11-21-34(39)36-28-31(24-27-40(36)50)37-26-25-35-33-20-10-12-22-38(33)49(43(35)45-37)32-18-8-3-9-19-32/h1-28H. The van der Waals surface area contributed by atoms with E-state index in [0.717, 1.165) is 66.4 Å². The van der Waals surface area contributed by atoms with Crippen molar-refractivity contribution in [2.75, 3.05) is 0 Å². The third-order valence-electron chi connectivity index (χ3n) is 9.39. The fraction of sp³-hybridized carbons (Fsp3) is 0. The molecule has 0 N–H and O–H groups in total. The zero-order valence-corrected chi connectivity index (χ0v) is 26.8. The van der Waals surface area contributed by atoms with Gasteiger partial charge < -0.3 is 0 Å². The highest BCUT2D eigenvalue weighted by atomic mass is 15.2. The van der Waals surface area contributed by atoms with Gasteiger partial charge in [-0.15, -0.1) is 0 Å². The van der Waals surface area contributed by atoms with Crippen LogP contribution in [-0.4, -0.2) is 29.1 Å². The zero-order valence-electron chi connectivity index (χ0n) is 26.8. The largest absolute Gasteiger partial charge is 0.294 e. The van der Waals surface area contributed by atoms with E-state index in [1.165, 1.54) is 5.39 Å². The third-order valence-corrected chi connectivity index (χ3v) is 9.39. The van der Waals surface area contributed by atoms with Crippen LogP contribution >= 0.6 is 0 Å². The van der Waals surface area contributed by atoms with Gasteiger partial charge in [-0.2, -0.15) is 9.97 Å². The highest BCUT2D eigenvalue weighted by molar-refractivity contribution is 6.11. The molecule has 0 aliphatic rings. The van der Waals surface area contributed by atoms with Crippen molar-refractivity contribution in [2.24, 2.45) is 0 Å². The first-order valence-electron chi connectivity index (χ1n) is 16.7. The fourth-order valence-electron chi connectivity index (χ4n) is 7.08. The van der Waals surface area contributed by atoms with Crippen molar-refractivity contribution in [3.8, 4) is 45.7 Å². The first kappa shape index (κ1) is 28.1. The summed E-state index contributed by atoms with van der Waals surface area (Å²) in [6, 6.07) is 58.5. The molecule has 234 valence electrons. The van der Waals surface area contributed by atoms with Crippen molar-refractivity contribution in [3.05, 3.63) is 170 Å². The minimum atomic E-state index is 0.573. The summed E-state index contributed by atoms with van der Waals surface area (Å²) < 4.78 is 4.41. The smallest absolute Gasteiger partial charge is 0.238 e. The second kappa shape index (κ2) is 11.4. The Hall–Kier alpha value is -6.92. The summed E-state index contributed by atoms with van der Waals surface area (Å²) in [6.07, 6.45) is 0. The number of aromatic nitrogens is 6. The molecule has 6 heteroatoms. The van der Waals surface area contributed by atoms with Gasteiger partial charge in [0.2, 0.25) is 5.95 Å². The van der Waals surface area contributed by atoms with Crippen molar-refractivity contribution >= 4 is 43.7 Å². The maximum absolute atomic E-state index is 5.32. The van der Waals surface area contributed by atoms with Crippen LogP contribution in [0.25, 0.3) is 89.4 Å². The summed E-state index contributed by atoms with van der Waals surface area (Å²) in [7, 11) is 0. The van der Waals surface area contributed by atoms with Gasteiger partial charge in [0.05, 0.1) is 22.2 Å². The minimum Gasteiger partial charge on any atom is -0.294 e. The maximum Gasteiger partial charge on any atom is 0.238 e. The van der Waals surface area contributed by atoms with E-state index in [2.05, 4.69) is 112 Å². The average Bonchev–Trinajstić information content (AvgIpc) is 3.71. The molecular weight excluding hydrogens is 613 g/mol. The molecule has 0 unspecified atom stereocenters. The second-order valence-corrected chi connectivity index (χ2v) is 12.4. The van der Waals surface area contributed by atoms with Crippen LogP contribution in [0.2, 0.25) is 0 Å². The molecule has 0 aliphatic heterocycles. The molecule has 6 nitrogen and oxygen atoms in total. The first-order chi connectivity index (χ1) is 24.8. The molecule has 0 bridgehead atoms. The molecule has 50 heavy (non-hydrogen) atoms. The van der Waals surface area contributed by atoms with Crippen LogP contribution in [-0.2, 0) is 0 Å². The van der Waals surface area contributed by atoms with E-state index < -0.39 is 0 Å². The molecule has 0 fully saturated rings. The van der Waals surface area contributed by atoms with Gasteiger partial charge in [-0.25, -0.2) is 9.97 Å². The van der Waals surface area contributed by atoms with Crippen molar-refractivity contribution in [1.29, 1.82) is 0 Å². The summed E-state index contributed by atoms with van der Waals surface area (Å²) >= 11 is 0. The highest BCUT2D eigenvalue weighted by Gasteiger charge is 2.19. The molecule has 0 spiro atoms. The van der Waals surface area contributed by atoms with Gasteiger partial charge in [0.25, 0.3) is 0 Å². The lowest BCUT2D eigenvalue weighted by atomic mass is 10.1. The molecule has 10 aromatic rings. The summed E-state index contributed by atoms with van der Waals surface area (Å²) in [5.41, 5.74) is 9.02. The number of hydrogen-bond acceptors (Lipinski definition) is 4. The van der Waals surface area contributed by atoms with Crippen molar-refractivity contribution in [2.45, 2.75) is 0 Å². The van der Waals surface area contributed by atoms with E-state index in [1.807, 2.05) is 66.7 Å². The second-order valence-electron chi connectivity index (χ2n) is 12.4. The number of benzene rings is 6. The first-order valence-corrected chi connectivity index (χ1v) is 16.7. The lowest BCUT2D eigenvalue weighted by Crippen LogP contribution is -2.06. The summed E-state index contributed by atoms with van der Waals surface area (Å²) in [6.45, 7) is 0. The average molecular weight is 641 g/mol. The van der Waals surface area contributed by atoms with E-state index in [4.69, 9.17) is 19.9 Å². The number of nitrogens with zero attached hydrogens (tertiary/aromatic N) is 6. The number of hydrogen-bond donors (Lipinski definition) is 0. The van der Waals surface area contributed by atoms with E-state index in [0.29, 0.717) is 17.6 Å². The summed E-state index contributed by atoms with van der Waals surface area (Å²) in [4.78, 5) is 20.4. The SMILES string of the molecule is c1ccc(-c2nc(-c3ccccc3)nc(-n3c4ccccc4c4cc(-c5ccc6c7ccccc7n(-c7ccccc7)c6n5)ccc43)n2)cc1. The molecule has 0 saturated heterocycles. The quantitative estimate of drug-likeness (QED) is 0.188. The monoisotopic (exact) mass is 640 g/mol. The van der Waals surface area contributed by atoms with Gasteiger partial charge in [0.1, 0.15) is 5.65 Å². The van der Waals surface area contributed by atoms with Crippen LogP contribution in [0.3, 0.4) is 0 Å². The van der Waals surface area contributed by atoms with Crippen LogP contribution in [0.4, 0.5) is 0 Å². The molecule has 4 heterocycles. The molecule has 0 radical (unpaired) electrons. The van der Waals surface area contributed by atoms with Crippen LogP contribution in [0, 0.1) is 0 Å². The number of pyridine rings is 1. The molecule has 0 amide bonds. The van der Waals surface area contributed by atoms with Gasteiger partial charge in [-0.3, -0.25) is 9.13 Å². The predicted octanol–water partition coefficient (Wildman–Crippen LogP) is 10.5. The van der Waals surface area contributed by atoms with E-state index in [1.54, 1.807) is 0 Å². The van der Waals surface area contributed by atoms with Crippen molar-refractivity contribution in [1.82, 2.24) is 29.1 Å². The van der Waals surface area contributed by atoms with E-state index in [9.17, 15) is 0 Å². The molecule has 0 atom stereocenters. The lowest BCUT2D eigenvalue weighted by molar-refractivity contribution is 0.953. The van der Waals surface area contributed by atoms with E-state index in [-0.39, 0.29) is 0 Å². The van der Waals surface area contributed by atoms with Gasteiger partial charge in [-0.1, -0.05) is 121 Å². The Labute approximate surface area is 287 Å². The molecule has 0 saturated carbocycles. The van der Waals surface area contributed by atoms with Crippen LogP contribution < -0.4 is 0 Å². The Bertz CT molecular complexity index is 2800. The topological polar surface area (TPSA) is 61.4 Å². The normalized spacial score (nSPS) is 11.6. The number of fused-ring (bicyclic) bond motifs is 6. The highest BCUT2D eigenvalue weighted by Crippen LogP contribution is 2.37. The minimum absolute atomic E-state index is 0.573. The molecule has 10 rings (SSSR count). The van der Waals surface area contributed by atoms with Crippen molar-refractivity contribution in [3.63, 3.8) is 0 Å². The molecule has 4 aromatic heterocycles. The Balaban J connectivity index is 1.18. The van der Waals surface area contributed by atoms with Crippen molar-refractivity contribution < 1.29 is 0 Å². The number of para-hydroxylation sites is 3. The van der Waals surface area contributed by atoms with Gasteiger partial charge >= 0.3 is 0 Å². The van der Waals surface area contributed by atoms with Gasteiger partial charge in [0.15, 0.2) is 11.6 Å². The van der Waals surface area contributed by atoms with Gasteiger partial charge in [0, 0.05) is 43.9 Å². The molecule has 6 aromatic carbocycles. The summed E-state index contributed by atoms with van der Waals surface area (Å²) in [5.74, 6) is 1.83. The Morgan fingerprint density at radius 2 is 0.880 bits per heavy atom. The lowest BCUT2D eigenvalue weighted by Gasteiger charge is -2.11.